The van der Waals surface area contributed by atoms with Gasteiger partial charge in [-0.05, 0) is 12.8 Å². The van der Waals surface area contributed by atoms with Crippen molar-refractivity contribution in [3.8, 4) is 47.4 Å². The van der Waals surface area contributed by atoms with E-state index in [0.717, 1.165) is 32.6 Å². The van der Waals surface area contributed by atoms with Crippen LogP contribution in [-0.2, 0) is 4.79 Å². The van der Waals surface area contributed by atoms with E-state index in [2.05, 4.69) is 64.1 Å². The van der Waals surface area contributed by atoms with Gasteiger partial charge in [-0.25, -0.2) is 0 Å². The molecule has 1 atom stereocenters. The molecule has 5 nitrogen and oxygen atoms in total. The van der Waals surface area contributed by atoms with E-state index in [-0.39, 0.29) is 18.6 Å². The summed E-state index contributed by atoms with van der Waals surface area (Å²) in [7, 11) is 0. The van der Waals surface area contributed by atoms with Gasteiger partial charge in [-0.3, -0.25) is 14.6 Å². The Kier molecular flexibility index (Phi) is 15.8. The van der Waals surface area contributed by atoms with Crippen molar-refractivity contribution in [1.82, 2.24) is 9.80 Å². The highest BCUT2D eigenvalue weighted by Gasteiger charge is 2.26. The van der Waals surface area contributed by atoms with Crippen LogP contribution in [0.4, 0.5) is 0 Å². The molecule has 1 fully saturated rings. The Morgan fingerprint density at radius 3 is 1.94 bits per heavy atom. The van der Waals surface area contributed by atoms with E-state index in [4.69, 9.17) is 10.8 Å². The molecule has 168 valence electrons. The zero-order valence-corrected chi connectivity index (χ0v) is 19.0. The van der Waals surface area contributed by atoms with E-state index in [9.17, 15) is 4.79 Å². The first kappa shape index (κ1) is 26.6. The second kappa shape index (κ2) is 18.4. The highest BCUT2D eigenvalue weighted by Crippen LogP contribution is 2.11. The summed E-state index contributed by atoms with van der Waals surface area (Å²) in [4.78, 5) is 16.2. The van der Waals surface area contributed by atoms with Crippen molar-refractivity contribution in [2.45, 2.75) is 70.8 Å². The van der Waals surface area contributed by atoms with Gasteiger partial charge in [0.1, 0.15) is 0 Å². The molecule has 1 aliphatic heterocycles. The summed E-state index contributed by atoms with van der Waals surface area (Å²) >= 11 is 0. The van der Waals surface area contributed by atoms with Gasteiger partial charge in [0.15, 0.2) is 0 Å². The van der Waals surface area contributed by atoms with Crippen LogP contribution < -0.4 is 5.73 Å². The van der Waals surface area contributed by atoms with Crippen molar-refractivity contribution in [2.75, 3.05) is 39.3 Å². The van der Waals surface area contributed by atoms with Crippen LogP contribution in [0.15, 0.2) is 0 Å². The average Bonchev–Trinajstić information content (AvgIpc) is 2.77. The molecule has 0 aromatic carbocycles. The van der Waals surface area contributed by atoms with E-state index >= 15 is 0 Å². The molecule has 1 aliphatic rings. The molecule has 0 saturated carbocycles. The lowest BCUT2D eigenvalue weighted by Gasteiger charge is -2.37. The number of primary amides is 1. The zero-order chi connectivity index (χ0) is 22.6. The molecule has 0 bridgehead atoms. The fourth-order valence-corrected chi connectivity index (χ4v) is 3.30. The number of amides is 1. The van der Waals surface area contributed by atoms with Gasteiger partial charge in [-0.1, -0.05) is 55.3 Å². The molecule has 5 heteroatoms. The third kappa shape index (κ3) is 13.5. The quantitative estimate of drug-likeness (QED) is 0.440. The van der Waals surface area contributed by atoms with Gasteiger partial charge >= 0.3 is 0 Å². The lowest BCUT2D eigenvalue weighted by Crippen LogP contribution is -2.54. The summed E-state index contributed by atoms with van der Waals surface area (Å²) in [6, 6.07) is -0.276. The molecule has 1 rings (SSSR count). The number of carbonyl (C=O) groups excluding carboxylic acids is 1. The molecule has 1 saturated heterocycles. The van der Waals surface area contributed by atoms with Crippen molar-refractivity contribution in [3.63, 3.8) is 0 Å². The van der Waals surface area contributed by atoms with E-state index < -0.39 is 0 Å². The number of piperazine rings is 1. The third-order valence-corrected chi connectivity index (χ3v) is 5.07. The molecule has 1 heterocycles. The molecule has 1 amide bonds. The molecule has 0 aliphatic carbocycles. The molecular formula is C26H37N3O2. The minimum Gasteiger partial charge on any atom is -0.395 e. The van der Waals surface area contributed by atoms with Crippen molar-refractivity contribution < 1.29 is 9.90 Å². The Hall–Kier alpha value is -2.41. The third-order valence-electron chi connectivity index (χ3n) is 5.07. The maximum Gasteiger partial charge on any atom is 0.234 e. The number of nitrogens with two attached hydrogens (primary N) is 1. The number of aliphatic hydroxyl groups is 1. The molecule has 0 aromatic rings. The predicted molar refractivity (Wildman–Crippen MR) is 126 cm³/mol. The molecule has 0 radical (unpaired) electrons. The van der Waals surface area contributed by atoms with Crippen LogP contribution in [0.5, 0.6) is 0 Å². The molecule has 0 aromatic heterocycles. The average molecular weight is 424 g/mol. The summed E-state index contributed by atoms with van der Waals surface area (Å²) in [6.07, 6.45) is 7.56. The Balaban J connectivity index is 2.21. The maximum atomic E-state index is 11.8. The first-order valence-electron chi connectivity index (χ1n) is 11.4. The van der Waals surface area contributed by atoms with E-state index in [1.807, 2.05) is 0 Å². The van der Waals surface area contributed by atoms with Crippen molar-refractivity contribution in [3.05, 3.63) is 0 Å². The summed E-state index contributed by atoms with van der Waals surface area (Å²) < 4.78 is 0. The smallest absolute Gasteiger partial charge is 0.234 e. The lowest BCUT2D eigenvalue weighted by molar-refractivity contribution is -0.124. The Morgan fingerprint density at radius 2 is 1.42 bits per heavy atom. The largest absolute Gasteiger partial charge is 0.395 e. The van der Waals surface area contributed by atoms with E-state index in [1.165, 1.54) is 19.3 Å². The first-order chi connectivity index (χ1) is 15.2. The highest BCUT2D eigenvalue weighted by molar-refractivity contribution is 5.79. The van der Waals surface area contributed by atoms with Crippen molar-refractivity contribution in [1.29, 1.82) is 0 Å². The fraction of sp³-hybridized carbons (Fsp3) is 0.654. The summed E-state index contributed by atoms with van der Waals surface area (Å²) in [5.41, 5.74) is 5.60. The van der Waals surface area contributed by atoms with Gasteiger partial charge in [0, 0.05) is 45.6 Å². The highest BCUT2D eigenvalue weighted by atomic mass is 16.3. The molecule has 3 N–H and O–H groups in total. The number of unbranched alkanes of at least 4 members (excludes halogenated alkanes) is 3. The maximum absolute atomic E-state index is 11.8. The number of hydrogen-bond acceptors (Lipinski definition) is 4. The summed E-state index contributed by atoms with van der Waals surface area (Å²) in [5.74, 6) is 24.1. The number of β-amino-alcohol motifs (C(OH)–C–C–N with tert-alkyl or cyclic N) is 1. The Morgan fingerprint density at radius 1 is 0.871 bits per heavy atom. The number of hydrogen-bond donors (Lipinski definition) is 2. The van der Waals surface area contributed by atoms with E-state index in [1.54, 1.807) is 0 Å². The van der Waals surface area contributed by atoms with E-state index in [0.29, 0.717) is 38.6 Å². The van der Waals surface area contributed by atoms with Crippen molar-refractivity contribution in [2.24, 2.45) is 5.73 Å². The molecule has 31 heavy (non-hydrogen) atoms. The fourth-order valence-electron chi connectivity index (χ4n) is 3.30. The van der Waals surface area contributed by atoms with Gasteiger partial charge in [-0.2, -0.15) is 0 Å². The number of nitrogens with zero attached hydrogens (tertiary/aromatic N) is 2. The Bertz CT molecular complexity index is 753. The van der Waals surface area contributed by atoms with Gasteiger partial charge in [0.2, 0.25) is 5.91 Å². The van der Waals surface area contributed by atoms with Gasteiger partial charge in [0.25, 0.3) is 0 Å². The van der Waals surface area contributed by atoms with Crippen LogP contribution in [-0.4, -0.2) is 66.2 Å². The standard InChI is InChI=1S/C26H37N3O2/c1-2-3-4-5-6-7-8-9-10-11-12-13-14-15-16-17-18-25(26(27)31)29-21-19-28(20-22-29)23-24-30/h25,30H,2-5,8,11,14,17-24H2,1H3,(H2,27,31). The van der Waals surface area contributed by atoms with Gasteiger partial charge < -0.3 is 10.8 Å². The second-order valence-electron chi connectivity index (χ2n) is 7.46. The van der Waals surface area contributed by atoms with Crippen LogP contribution >= 0.6 is 0 Å². The molecule has 0 spiro atoms. The van der Waals surface area contributed by atoms with Gasteiger partial charge in [0.05, 0.1) is 31.9 Å². The first-order valence-corrected chi connectivity index (χ1v) is 11.4. The Labute approximate surface area is 189 Å². The number of rotatable bonds is 9. The minimum atomic E-state index is -0.290. The predicted octanol–water partition coefficient (Wildman–Crippen LogP) is 1.99. The number of aliphatic hydroxyl groups excluding tert-OH is 1. The van der Waals surface area contributed by atoms with Crippen LogP contribution in [0.2, 0.25) is 0 Å². The van der Waals surface area contributed by atoms with Crippen LogP contribution in [0.25, 0.3) is 0 Å². The molecular weight excluding hydrogens is 386 g/mol. The van der Waals surface area contributed by atoms with Crippen LogP contribution in [0.3, 0.4) is 0 Å². The summed E-state index contributed by atoms with van der Waals surface area (Å²) in [5, 5.41) is 9.03. The zero-order valence-electron chi connectivity index (χ0n) is 19.0. The monoisotopic (exact) mass is 423 g/mol. The van der Waals surface area contributed by atoms with Gasteiger partial charge in [-0.15, -0.1) is 11.8 Å². The van der Waals surface area contributed by atoms with Crippen molar-refractivity contribution >= 4 is 5.91 Å². The van der Waals surface area contributed by atoms with Crippen LogP contribution in [0.1, 0.15) is 64.7 Å². The second-order valence-corrected chi connectivity index (χ2v) is 7.46. The lowest BCUT2D eigenvalue weighted by atomic mass is 10.1. The topological polar surface area (TPSA) is 69.8 Å². The molecule has 1 unspecified atom stereocenters. The minimum absolute atomic E-state index is 0.165. The normalized spacial score (nSPS) is 14.5. The SMILES string of the molecule is CCCCCC#CCC#CCC#CCC#CCCC(C(N)=O)N1CCN(CCO)CC1. The summed E-state index contributed by atoms with van der Waals surface area (Å²) in [6.45, 7) is 6.31. The van der Waals surface area contributed by atoms with Crippen LogP contribution in [0, 0.1) is 47.4 Å². The number of carbonyl (C=O) groups is 1.